The van der Waals surface area contributed by atoms with Gasteiger partial charge in [-0.2, -0.15) is 0 Å². The van der Waals surface area contributed by atoms with Crippen molar-refractivity contribution in [1.29, 1.82) is 0 Å². The molecule has 0 saturated carbocycles. The Balaban J connectivity index is 2.25. The van der Waals surface area contributed by atoms with Crippen molar-refractivity contribution in [3.05, 3.63) is 68.4 Å². The molecule has 0 spiro atoms. The minimum absolute atomic E-state index is 0.123. The van der Waals surface area contributed by atoms with Crippen LogP contribution in [-0.4, -0.2) is 5.78 Å². The second kappa shape index (κ2) is 5.85. The summed E-state index contributed by atoms with van der Waals surface area (Å²) < 4.78 is 13.9. The summed E-state index contributed by atoms with van der Waals surface area (Å²) in [6.07, 6.45) is 0.124. The van der Waals surface area contributed by atoms with Crippen LogP contribution in [0.25, 0.3) is 0 Å². The molecule has 0 atom stereocenters. The number of Topliss-reactive ketones (excluding diaryl/α,β-unsaturated/α-hetero) is 1. The molecular formula is C15H11BrClFO. The Morgan fingerprint density at radius 3 is 2.63 bits per heavy atom. The van der Waals surface area contributed by atoms with Crippen molar-refractivity contribution in [2.24, 2.45) is 0 Å². The van der Waals surface area contributed by atoms with Gasteiger partial charge >= 0.3 is 0 Å². The van der Waals surface area contributed by atoms with Crippen molar-refractivity contribution in [2.75, 3.05) is 0 Å². The number of ketones is 1. The van der Waals surface area contributed by atoms with Gasteiger partial charge in [0.15, 0.2) is 5.78 Å². The van der Waals surface area contributed by atoms with Gasteiger partial charge in [-0.25, -0.2) is 4.39 Å². The van der Waals surface area contributed by atoms with Crippen molar-refractivity contribution in [3.8, 4) is 0 Å². The summed E-state index contributed by atoms with van der Waals surface area (Å²) in [6.45, 7) is 1.91. The van der Waals surface area contributed by atoms with Crippen molar-refractivity contribution in [3.63, 3.8) is 0 Å². The summed E-state index contributed by atoms with van der Waals surface area (Å²) >= 11 is 9.25. The molecule has 0 aromatic heterocycles. The highest BCUT2D eigenvalue weighted by molar-refractivity contribution is 9.10. The fourth-order valence-electron chi connectivity index (χ4n) is 1.84. The van der Waals surface area contributed by atoms with Gasteiger partial charge in [0, 0.05) is 16.5 Å². The minimum atomic E-state index is -0.368. The number of rotatable bonds is 3. The Morgan fingerprint density at radius 2 is 2.00 bits per heavy atom. The average molecular weight is 342 g/mol. The fraction of sp³-hybridized carbons (Fsp3) is 0.133. The van der Waals surface area contributed by atoms with Crippen LogP contribution in [0.5, 0.6) is 0 Å². The number of hydrogen-bond donors (Lipinski definition) is 0. The standard InChI is InChI=1S/C15H11BrClFO/c1-9-2-3-13(14(17)4-9)15(19)7-10-5-11(16)8-12(18)6-10/h2-6,8H,7H2,1H3. The first-order valence-electron chi connectivity index (χ1n) is 5.70. The molecule has 0 bridgehead atoms. The largest absolute Gasteiger partial charge is 0.294 e. The van der Waals surface area contributed by atoms with Gasteiger partial charge in [0.1, 0.15) is 5.82 Å². The molecule has 19 heavy (non-hydrogen) atoms. The first-order chi connectivity index (χ1) is 8.95. The predicted octanol–water partition coefficient (Wildman–Crippen LogP) is 4.98. The Hall–Kier alpha value is -1.19. The van der Waals surface area contributed by atoms with Crippen LogP contribution in [0.15, 0.2) is 40.9 Å². The van der Waals surface area contributed by atoms with Gasteiger partial charge in [-0.05, 0) is 48.4 Å². The number of aryl methyl sites for hydroxylation is 1. The van der Waals surface area contributed by atoms with Gasteiger partial charge in [0.25, 0.3) is 0 Å². The number of hydrogen-bond acceptors (Lipinski definition) is 1. The number of carbonyl (C=O) groups is 1. The summed E-state index contributed by atoms with van der Waals surface area (Å²) in [6, 6.07) is 9.71. The summed E-state index contributed by atoms with van der Waals surface area (Å²) in [5, 5.41) is 0.431. The Bertz CT molecular complexity index is 620. The lowest BCUT2D eigenvalue weighted by atomic mass is 10.0. The van der Waals surface area contributed by atoms with E-state index in [0.717, 1.165) is 5.56 Å². The smallest absolute Gasteiger partial charge is 0.168 e. The first-order valence-corrected chi connectivity index (χ1v) is 6.87. The zero-order chi connectivity index (χ0) is 14.0. The van der Waals surface area contributed by atoms with Gasteiger partial charge in [-0.1, -0.05) is 33.6 Å². The molecule has 2 rings (SSSR count). The molecular weight excluding hydrogens is 331 g/mol. The number of benzene rings is 2. The third kappa shape index (κ3) is 3.64. The zero-order valence-corrected chi connectivity index (χ0v) is 12.6. The summed E-state index contributed by atoms with van der Waals surface area (Å²) in [4.78, 5) is 12.1. The quantitative estimate of drug-likeness (QED) is 0.720. The molecule has 0 amide bonds. The van der Waals surface area contributed by atoms with Crippen LogP contribution in [0, 0.1) is 12.7 Å². The van der Waals surface area contributed by atoms with Crippen LogP contribution in [0.4, 0.5) is 4.39 Å². The third-order valence-electron chi connectivity index (χ3n) is 2.71. The van der Waals surface area contributed by atoms with E-state index < -0.39 is 0 Å². The summed E-state index contributed by atoms with van der Waals surface area (Å²) in [5.41, 5.74) is 2.08. The van der Waals surface area contributed by atoms with Crippen LogP contribution in [0.1, 0.15) is 21.5 Å². The molecule has 98 valence electrons. The van der Waals surface area contributed by atoms with Crippen LogP contribution in [0.3, 0.4) is 0 Å². The summed E-state index contributed by atoms with van der Waals surface area (Å²) in [7, 11) is 0. The van der Waals surface area contributed by atoms with Crippen molar-refractivity contribution >= 4 is 33.3 Å². The molecule has 0 radical (unpaired) electrons. The van der Waals surface area contributed by atoms with Crippen molar-refractivity contribution < 1.29 is 9.18 Å². The van der Waals surface area contributed by atoms with Gasteiger partial charge in [-0.15, -0.1) is 0 Å². The Labute approximate surface area is 124 Å². The highest BCUT2D eigenvalue weighted by atomic mass is 79.9. The van der Waals surface area contributed by atoms with E-state index in [-0.39, 0.29) is 18.0 Å². The van der Waals surface area contributed by atoms with Crippen molar-refractivity contribution in [2.45, 2.75) is 13.3 Å². The Kier molecular flexibility index (Phi) is 4.38. The van der Waals surface area contributed by atoms with E-state index in [1.54, 1.807) is 18.2 Å². The third-order valence-corrected chi connectivity index (χ3v) is 3.48. The lowest BCUT2D eigenvalue weighted by Crippen LogP contribution is -2.05. The molecule has 4 heteroatoms. The van der Waals surface area contributed by atoms with Gasteiger partial charge in [0.2, 0.25) is 0 Å². The molecule has 0 aliphatic carbocycles. The molecule has 0 aliphatic rings. The van der Waals surface area contributed by atoms with Gasteiger partial charge < -0.3 is 0 Å². The maximum atomic E-state index is 13.2. The molecule has 1 nitrogen and oxygen atoms in total. The van der Waals surface area contributed by atoms with E-state index >= 15 is 0 Å². The van der Waals surface area contributed by atoms with E-state index in [0.29, 0.717) is 20.6 Å². The molecule has 2 aromatic rings. The topological polar surface area (TPSA) is 17.1 Å². The van der Waals surface area contributed by atoms with Gasteiger partial charge in [0.05, 0.1) is 5.02 Å². The highest BCUT2D eigenvalue weighted by Crippen LogP contribution is 2.21. The van der Waals surface area contributed by atoms with E-state index in [4.69, 9.17) is 11.6 Å². The van der Waals surface area contributed by atoms with Crippen molar-refractivity contribution in [1.82, 2.24) is 0 Å². The SMILES string of the molecule is Cc1ccc(C(=O)Cc2cc(F)cc(Br)c2)c(Cl)c1. The number of halogens is 3. The van der Waals surface area contributed by atoms with Gasteiger partial charge in [-0.3, -0.25) is 4.79 Å². The van der Waals surface area contributed by atoms with Crippen LogP contribution < -0.4 is 0 Å². The lowest BCUT2D eigenvalue weighted by Gasteiger charge is -2.05. The fourth-order valence-corrected chi connectivity index (χ4v) is 2.69. The minimum Gasteiger partial charge on any atom is -0.294 e. The van der Waals surface area contributed by atoms with Crippen LogP contribution in [0.2, 0.25) is 5.02 Å². The lowest BCUT2D eigenvalue weighted by molar-refractivity contribution is 0.0993. The molecule has 0 fully saturated rings. The average Bonchev–Trinajstić information content (AvgIpc) is 2.26. The predicted molar refractivity (Wildman–Crippen MR) is 78.3 cm³/mol. The number of carbonyl (C=O) groups excluding carboxylic acids is 1. The highest BCUT2D eigenvalue weighted by Gasteiger charge is 2.12. The zero-order valence-electron chi connectivity index (χ0n) is 10.2. The normalized spacial score (nSPS) is 10.5. The molecule has 0 heterocycles. The second-order valence-electron chi connectivity index (χ2n) is 4.36. The van der Waals surface area contributed by atoms with Crippen LogP contribution in [-0.2, 0) is 6.42 Å². The van der Waals surface area contributed by atoms with Crippen LogP contribution >= 0.6 is 27.5 Å². The molecule has 0 unspecified atom stereocenters. The summed E-state index contributed by atoms with van der Waals surface area (Å²) in [5.74, 6) is -0.491. The maximum absolute atomic E-state index is 13.2. The van der Waals surface area contributed by atoms with E-state index in [2.05, 4.69) is 15.9 Å². The molecule has 0 aliphatic heterocycles. The molecule has 2 aromatic carbocycles. The maximum Gasteiger partial charge on any atom is 0.168 e. The molecule has 0 saturated heterocycles. The molecule has 0 N–H and O–H groups in total. The Morgan fingerprint density at radius 1 is 1.26 bits per heavy atom. The van der Waals surface area contributed by atoms with E-state index in [1.807, 2.05) is 13.0 Å². The monoisotopic (exact) mass is 340 g/mol. The van der Waals surface area contributed by atoms with E-state index in [1.165, 1.54) is 12.1 Å². The second-order valence-corrected chi connectivity index (χ2v) is 5.68. The van der Waals surface area contributed by atoms with E-state index in [9.17, 15) is 9.18 Å². The first kappa shape index (κ1) is 14.2.